The van der Waals surface area contributed by atoms with Crippen LogP contribution in [-0.2, 0) is 28.8 Å². The van der Waals surface area contributed by atoms with Crippen LogP contribution in [0.4, 0.5) is 0 Å². The molecule has 0 saturated carbocycles. The number of likely N-dealkylation sites (tertiary alicyclic amines) is 1. The second kappa shape index (κ2) is 12.1. The summed E-state index contributed by atoms with van der Waals surface area (Å²) in [5.74, 6) is -4.97. The molecule has 2 saturated heterocycles. The molecule has 0 spiro atoms. The number of nitrogens with two attached hydrogens (primary N) is 1. The maximum Gasteiger partial charge on any atom is 0.326 e. The van der Waals surface area contributed by atoms with E-state index >= 15 is 0 Å². The number of nitrogens with one attached hydrogen (secondary N) is 3. The van der Waals surface area contributed by atoms with Crippen LogP contribution in [0.15, 0.2) is 0 Å². The Bertz CT molecular complexity index is 782. The zero-order valence-corrected chi connectivity index (χ0v) is 18.2. The number of primary amides is 1. The number of nitrogens with zero attached hydrogens (tertiary/aromatic N) is 1. The summed E-state index contributed by atoms with van der Waals surface area (Å²) in [5.41, 5.74) is 5.17. The zero-order valence-electron chi connectivity index (χ0n) is 18.2. The first-order chi connectivity index (χ1) is 15.6. The van der Waals surface area contributed by atoms with Gasteiger partial charge in [0.2, 0.25) is 23.6 Å². The third kappa shape index (κ3) is 7.70. The van der Waals surface area contributed by atoms with E-state index < -0.39 is 66.2 Å². The van der Waals surface area contributed by atoms with Crippen molar-refractivity contribution in [2.75, 3.05) is 13.1 Å². The van der Waals surface area contributed by atoms with Gasteiger partial charge in [-0.05, 0) is 45.1 Å². The van der Waals surface area contributed by atoms with Crippen molar-refractivity contribution in [2.24, 2.45) is 5.73 Å². The highest BCUT2D eigenvalue weighted by atomic mass is 16.4. The van der Waals surface area contributed by atoms with E-state index in [9.17, 15) is 33.9 Å². The van der Waals surface area contributed by atoms with Gasteiger partial charge < -0.3 is 36.8 Å². The Morgan fingerprint density at radius 1 is 0.970 bits per heavy atom. The smallest absolute Gasteiger partial charge is 0.326 e. The van der Waals surface area contributed by atoms with Gasteiger partial charge in [-0.15, -0.1) is 0 Å². The molecule has 0 aromatic rings. The van der Waals surface area contributed by atoms with Gasteiger partial charge in [0.1, 0.15) is 18.1 Å². The summed E-state index contributed by atoms with van der Waals surface area (Å²) < 4.78 is 0. The fourth-order valence-corrected chi connectivity index (χ4v) is 4.02. The lowest BCUT2D eigenvalue weighted by molar-refractivity contribution is -0.150. The molecule has 13 nitrogen and oxygen atoms in total. The van der Waals surface area contributed by atoms with Gasteiger partial charge in [-0.25, -0.2) is 4.79 Å². The highest BCUT2D eigenvalue weighted by Crippen LogP contribution is 2.20. The fraction of sp³-hybridized carbons (Fsp3) is 0.700. The van der Waals surface area contributed by atoms with Crippen molar-refractivity contribution < 1.29 is 39.0 Å². The molecular weight excluding hydrogens is 438 g/mol. The van der Waals surface area contributed by atoms with E-state index in [-0.39, 0.29) is 32.2 Å². The predicted molar refractivity (Wildman–Crippen MR) is 113 cm³/mol. The molecule has 2 rings (SSSR count). The van der Waals surface area contributed by atoms with Crippen molar-refractivity contribution in [3.63, 3.8) is 0 Å². The summed E-state index contributed by atoms with van der Waals surface area (Å²) in [7, 11) is 0. The molecule has 13 heteroatoms. The number of carbonyl (C=O) groups is 6. The minimum atomic E-state index is -1.30. The number of carboxylic acid groups (broad SMARTS) is 2. The van der Waals surface area contributed by atoms with E-state index in [0.717, 1.165) is 11.3 Å². The Kier molecular flexibility index (Phi) is 9.57. The predicted octanol–water partition coefficient (Wildman–Crippen LogP) is -2.09. The maximum atomic E-state index is 13.0. The normalized spacial score (nSPS) is 21.8. The third-order valence-electron chi connectivity index (χ3n) is 5.77. The van der Waals surface area contributed by atoms with Gasteiger partial charge in [-0.3, -0.25) is 24.0 Å². The topological polar surface area (TPSA) is 208 Å². The molecule has 7 N–H and O–H groups in total. The van der Waals surface area contributed by atoms with Crippen molar-refractivity contribution in [2.45, 2.75) is 75.5 Å². The van der Waals surface area contributed by atoms with Gasteiger partial charge in [-0.2, -0.15) is 0 Å². The van der Waals surface area contributed by atoms with E-state index in [4.69, 9.17) is 10.8 Å². The second-order valence-electron chi connectivity index (χ2n) is 8.24. The minimum Gasteiger partial charge on any atom is -0.481 e. The molecule has 33 heavy (non-hydrogen) atoms. The lowest BCUT2D eigenvalue weighted by Crippen LogP contribution is -2.57. The molecule has 2 aliphatic rings. The lowest BCUT2D eigenvalue weighted by atomic mass is 10.1. The number of aliphatic carboxylic acids is 2. The van der Waals surface area contributed by atoms with Crippen LogP contribution in [0.1, 0.15) is 51.4 Å². The Morgan fingerprint density at radius 2 is 1.67 bits per heavy atom. The third-order valence-corrected chi connectivity index (χ3v) is 5.77. The van der Waals surface area contributed by atoms with Crippen LogP contribution in [0, 0.1) is 0 Å². The molecule has 0 aliphatic carbocycles. The first kappa shape index (κ1) is 26.0. The Labute approximate surface area is 190 Å². The van der Waals surface area contributed by atoms with Gasteiger partial charge in [0.25, 0.3) is 0 Å². The van der Waals surface area contributed by atoms with Crippen LogP contribution in [0.2, 0.25) is 0 Å². The molecule has 0 aromatic heterocycles. The summed E-state index contributed by atoms with van der Waals surface area (Å²) in [6, 6.07) is -4.02. The molecular formula is C20H31N5O8. The summed E-state index contributed by atoms with van der Waals surface area (Å²) >= 11 is 0. The van der Waals surface area contributed by atoms with Crippen LogP contribution in [0.5, 0.6) is 0 Å². The molecule has 4 atom stereocenters. The molecule has 4 amide bonds. The van der Waals surface area contributed by atoms with Gasteiger partial charge in [0, 0.05) is 19.4 Å². The van der Waals surface area contributed by atoms with E-state index in [1.165, 1.54) is 0 Å². The van der Waals surface area contributed by atoms with Crippen LogP contribution < -0.4 is 21.7 Å². The first-order valence-electron chi connectivity index (χ1n) is 11.0. The van der Waals surface area contributed by atoms with E-state index in [1.54, 1.807) is 0 Å². The van der Waals surface area contributed by atoms with Crippen LogP contribution in [0.3, 0.4) is 0 Å². The Balaban J connectivity index is 2.14. The van der Waals surface area contributed by atoms with Gasteiger partial charge in [0.15, 0.2) is 0 Å². The zero-order chi connectivity index (χ0) is 24.5. The summed E-state index contributed by atoms with van der Waals surface area (Å²) in [6.45, 7) is 0.826. The van der Waals surface area contributed by atoms with E-state index in [1.807, 2.05) is 0 Å². The van der Waals surface area contributed by atoms with Crippen molar-refractivity contribution in [1.82, 2.24) is 20.9 Å². The standard InChI is InChI=1S/C20H31N5O8/c21-15(26)7-5-12(23-17(29)11-3-1-9-22-11)18(30)24-13(6-8-16(27)28)19(31)25-10-2-4-14(25)20(32)33/h11-14,22H,1-10H2,(H2,21,26)(H,23,29)(H,24,30)(H,27,28)(H,32,33). The van der Waals surface area contributed by atoms with Gasteiger partial charge in [0.05, 0.1) is 6.04 Å². The largest absolute Gasteiger partial charge is 0.481 e. The first-order valence-corrected chi connectivity index (χ1v) is 11.0. The average Bonchev–Trinajstić information content (AvgIpc) is 3.45. The SMILES string of the molecule is NC(=O)CCC(NC(=O)C1CCCN1)C(=O)NC(CCC(=O)O)C(=O)N1CCCC1C(=O)O. The summed E-state index contributed by atoms with van der Waals surface area (Å²) in [6.07, 6.45) is 1.10. The highest BCUT2D eigenvalue weighted by Gasteiger charge is 2.38. The minimum absolute atomic E-state index is 0.110. The van der Waals surface area contributed by atoms with Crippen molar-refractivity contribution in [1.29, 1.82) is 0 Å². The fourth-order valence-electron chi connectivity index (χ4n) is 4.02. The summed E-state index contributed by atoms with van der Waals surface area (Å²) in [5, 5.41) is 26.4. The van der Waals surface area contributed by atoms with Crippen molar-refractivity contribution in [3.8, 4) is 0 Å². The van der Waals surface area contributed by atoms with Gasteiger partial charge >= 0.3 is 11.9 Å². The molecule has 0 aromatic carbocycles. The highest BCUT2D eigenvalue weighted by molar-refractivity contribution is 5.94. The molecule has 0 radical (unpaired) electrons. The molecule has 2 fully saturated rings. The molecule has 2 heterocycles. The quantitative estimate of drug-likeness (QED) is 0.185. The molecule has 184 valence electrons. The molecule has 2 aliphatic heterocycles. The van der Waals surface area contributed by atoms with Gasteiger partial charge in [-0.1, -0.05) is 0 Å². The number of hydrogen-bond donors (Lipinski definition) is 6. The monoisotopic (exact) mass is 469 g/mol. The van der Waals surface area contributed by atoms with E-state index in [0.29, 0.717) is 19.4 Å². The Hall–Kier alpha value is -3.22. The molecule has 0 bridgehead atoms. The number of carbonyl (C=O) groups excluding carboxylic acids is 4. The summed E-state index contributed by atoms with van der Waals surface area (Å²) in [4.78, 5) is 73.3. The lowest BCUT2D eigenvalue weighted by Gasteiger charge is -2.28. The van der Waals surface area contributed by atoms with Crippen molar-refractivity contribution >= 4 is 35.6 Å². The second-order valence-corrected chi connectivity index (χ2v) is 8.24. The molecule has 4 unspecified atom stereocenters. The number of hydrogen-bond acceptors (Lipinski definition) is 7. The van der Waals surface area contributed by atoms with Crippen LogP contribution in [-0.4, -0.2) is 87.9 Å². The Morgan fingerprint density at radius 3 is 2.24 bits per heavy atom. The van der Waals surface area contributed by atoms with Crippen molar-refractivity contribution in [3.05, 3.63) is 0 Å². The maximum absolute atomic E-state index is 13.0. The van der Waals surface area contributed by atoms with Crippen LogP contribution >= 0.6 is 0 Å². The number of amides is 4. The number of carboxylic acids is 2. The number of rotatable bonds is 12. The average molecular weight is 469 g/mol. The van der Waals surface area contributed by atoms with E-state index in [2.05, 4.69) is 16.0 Å². The van der Waals surface area contributed by atoms with Crippen LogP contribution in [0.25, 0.3) is 0 Å².